The van der Waals surface area contributed by atoms with Gasteiger partial charge in [-0.25, -0.2) is 8.42 Å². The lowest BCUT2D eigenvalue weighted by Crippen LogP contribution is -2.50. The molecule has 0 radical (unpaired) electrons. The topological polar surface area (TPSA) is 119 Å². The van der Waals surface area contributed by atoms with Crippen molar-refractivity contribution in [1.29, 1.82) is 0 Å². The number of rotatable bonds is 6. The Labute approximate surface area is 180 Å². The largest absolute Gasteiger partial charge is 0.497 e. The summed E-state index contributed by atoms with van der Waals surface area (Å²) in [6.45, 7) is 2.02. The van der Waals surface area contributed by atoms with E-state index in [4.69, 9.17) is 9.47 Å². The van der Waals surface area contributed by atoms with Gasteiger partial charge in [0.2, 0.25) is 10.0 Å². The molecule has 11 heteroatoms. The molecule has 1 aliphatic heterocycles. The molecule has 0 aliphatic carbocycles. The fraction of sp³-hybridized carbons (Fsp3) is 0.350. The van der Waals surface area contributed by atoms with Gasteiger partial charge in [0.1, 0.15) is 16.4 Å². The van der Waals surface area contributed by atoms with Crippen molar-refractivity contribution >= 4 is 21.6 Å². The Balaban J connectivity index is 1.79. The predicted octanol–water partition coefficient (Wildman–Crippen LogP) is 2.07. The summed E-state index contributed by atoms with van der Waals surface area (Å²) in [5, 5.41) is 11.1. The Morgan fingerprint density at radius 1 is 1.06 bits per heavy atom. The molecular formula is C20H23N3O7S. The molecule has 1 heterocycles. The molecular weight excluding hydrogens is 426 g/mol. The van der Waals surface area contributed by atoms with Gasteiger partial charge in [-0.1, -0.05) is 6.07 Å². The molecule has 1 amide bonds. The van der Waals surface area contributed by atoms with Crippen LogP contribution in [-0.2, 0) is 10.0 Å². The molecule has 1 saturated heterocycles. The molecule has 0 atom stereocenters. The van der Waals surface area contributed by atoms with Crippen molar-refractivity contribution in [3.05, 3.63) is 57.6 Å². The van der Waals surface area contributed by atoms with E-state index >= 15 is 0 Å². The van der Waals surface area contributed by atoms with E-state index in [1.54, 1.807) is 6.07 Å². The monoisotopic (exact) mass is 449 g/mol. The smallest absolute Gasteiger partial charge is 0.273 e. The Morgan fingerprint density at radius 3 is 2.32 bits per heavy atom. The minimum atomic E-state index is -3.88. The lowest BCUT2D eigenvalue weighted by molar-refractivity contribution is -0.385. The van der Waals surface area contributed by atoms with E-state index in [1.807, 2.05) is 0 Å². The second-order valence-corrected chi connectivity index (χ2v) is 8.83. The molecule has 0 spiro atoms. The van der Waals surface area contributed by atoms with Crippen molar-refractivity contribution < 1.29 is 27.6 Å². The number of benzene rings is 2. The van der Waals surface area contributed by atoms with Crippen LogP contribution in [0.3, 0.4) is 0 Å². The highest BCUT2D eigenvalue weighted by molar-refractivity contribution is 7.89. The summed E-state index contributed by atoms with van der Waals surface area (Å²) in [5.41, 5.74) is 0.394. The van der Waals surface area contributed by atoms with Crippen LogP contribution in [0.1, 0.15) is 15.9 Å². The Bertz CT molecular complexity index is 1110. The van der Waals surface area contributed by atoms with Crippen molar-refractivity contribution in [2.75, 3.05) is 40.4 Å². The molecule has 3 rings (SSSR count). The maximum atomic E-state index is 13.2. The van der Waals surface area contributed by atoms with Crippen molar-refractivity contribution in [3.8, 4) is 11.5 Å². The molecule has 0 saturated carbocycles. The van der Waals surface area contributed by atoms with Crippen LogP contribution in [0, 0.1) is 17.0 Å². The molecule has 0 unspecified atom stereocenters. The first-order valence-electron chi connectivity index (χ1n) is 9.46. The van der Waals surface area contributed by atoms with Gasteiger partial charge in [0.15, 0.2) is 0 Å². The Hall–Kier alpha value is -3.18. The number of nitrogens with zero attached hydrogens (tertiary/aromatic N) is 3. The molecule has 0 bridgehead atoms. The van der Waals surface area contributed by atoms with Gasteiger partial charge in [0, 0.05) is 49.4 Å². The van der Waals surface area contributed by atoms with E-state index in [1.165, 1.54) is 60.7 Å². The van der Waals surface area contributed by atoms with Gasteiger partial charge in [-0.2, -0.15) is 4.31 Å². The van der Waals surface area contributed by atoms with E-state index in [2.05, 4.69) is 0 Å². The number of hydrogen-bond donors (Lipinski definition) is 0. The Kier molecular flexibility index (Phi) is 6.46. The summed E-state index contributed by atoms with van der Waals surface area (Å²) in [7, 11) is -1.05. The van der Waals surface area contributed by atoms with Crippen LogP contribution in [-0.4, -0.2) is 68.9 Å². The van der Waals surface area contributed by atoms with Crippen molar-refractivity contribution in [2.45, 2.75) is 11.8 Å². The molecule has 1 fully saturated rings. The van der Waals surface area contributed by atoms with Crippen LogP contribution in [0.25, 0.3) is 0 Å². The van der Waals surface area contributed by atoms with Crippen LogP contribution in [0.5, 0.6) is 11.5 Å². The van der Waals surface area contributed by atoms with Crippen molar-refractivity contribution in [3.63, 3.8) is 0 Å². The van der Waals surface area contributed by atoms with Crippen LogP contribution in [0.4, 0.5) is 5.69 Å². The van der Waals surface area contributed by atoms with E-state index in [-0.39, 0.29) is 59.5 Å². The highest BCUT2D eigenvalue weighted by Crippen LogP contribution is 2.31. The summed E-state index contributed by atoms with van der Waals surface area (Å²) in [6, 6.07) is 8.88. The standard InChI is InChI=1S/C20H23N3O7S/c1-14-16(5-4-6-17(14)23(25)26)20(24)21-9-11-22(12-10-21)31(27,28)19-13-15(29-2)7-8-18(19)30-3/h4-8,13H,9-12H2,1-3H3. The lowest BCUT2D eigenvalue weighted by Gasteiger charge is -2.34. The number of sulfonamides is 1. The number of piperazine rings is 1. The second-order valence-electron chi connectivity index (χ2n) is 6.92. The maximum Gasteiger partial charge on any atom is 0.273 e. The number of carbonyl (C=O) groups is 1. The van der Waals surface area contributed by atoms with Gasteiger partial charge in [-0.05, 0) is 25.1 Å². The van der Waals surface area contributed by atoms with Gasteiger partial charge >= 0.3 is 0 Å². The van der Waals surface area contributed by atoms with E-state index in [9.17, 15) is 23.3 Å². The van der Waals surface area contributed by atoms with E-state index < -0.39 is 14.9 Å². The molecule has 2 aromatic carbocycles. The number of hydrogen-bond acceptors (Lipinski definition) is 7. The summed E-state index contributed by atoms with van der Waals surface area (Å²) >= 11 is 0. The number of nitro groups is 1. The Morgan fingerprint density at radius 2 is 1.74 bits per heavy atom. The normalized spacial score (nSPS) is 14.9. The van der Waals surface area contributed by atoms with Crippen LogP contribution in [0.15, 0.2) is 41.3 Å². The zero-order chi connectivity index (χ0) is 22.8. The third-order valence-electron chi connectivity index (χ3n) is 5.25. The van der Waals surface area contributed by atoms with Gasteiger partial charge in [0.25, 0.3) is 11.6 Å². The second kappa shape index (κ2) is 8.90. The zero-order valence-electron chi connectivity index (χ0n) is 17.4. The van der Waals surface area contributed by atoms with Gasteiger partial charge in [0.05, 0.1) is 19.1 Å². The molecule has 10 nitrogen and oxygen atoms in total. The minimum absolute atomic E-state index is 0.0105. The molecule has 0 aromatic heterocycles. The third-order valence-corrected chi connectivity index (χ3v) is 7.17. The first kappa shape index (κ1) is 22.5. The van der Waals surface area contributed by atoms with Crippen molar-refractivity contribution in [2.24, 2.45) is 0 Å². The van der Waals surface area contributed by atoms with Crippen molar-refractivity contribution in [1.82, 2.24) is 9.21 Å². The van der Waals surface area contributed by atoms with E-state index in [0.717, 1.165) is 0 Å². The number of carbonyl (C=O) groups excluding carboxylic acids is 1. The third kappa shape index (κ3) is 4.32. The minimum Gasteiger partial charge on any atom is -0.497 e. The molecule has 166 valence electrons. The SMILES string of the molecule is COc1ccc(OC)c(S(=O)(=O)N2CCN(C(=O)c3cccc([N+](=O)[O-])c3C)CC2)c1. The number of ether oxygens (including phenoxy) is 2. The first-order chi connectivity index (χ1) is 14.7. The fourth-order valence-electron chi connectivity index (χ4n) is 3.48. The van der Waals surface area contributed by atoms with Gasteiger partial charge < -0.3 is 14.4 Å². The molecule has 1 aliphatic rings. The molecule has 0 N–H and O–H groups in total. The summed E-state index contributed by atoms with van der Waals surface area (Å²) in [4.78, 5) is 25.0. The molecule has 2 aromatic rings. The number of nitro benzene ring substituents is 1. The highest BCUT2D eigenvalue weighted by Gasteiger charge is 2.33. The predicted molar refractivity (Wildman–Crippen MR) is 112 cm³/mol. The zero-order valence-corrected chi connectivity index (χ0v) is 18.2. The van der Waals surface area contributed by atoms with Crippen LogP contribution >= 0.6 is 0 Å². The molecule has 31 heavy (non-hydrogen) atoms. The summed E-state index contributed by atoms with van der Waals surface area (Å²) < 4.78 is 38.0. The number of amides is 1. The lowest BCUT2D eigenvalue weighted by atomic mass is 10.1. The highest BCUT2D eigenvalue weighted by atomic mass is 32.2. The fourth-order valence-corrected chi connectivity index (χ4v) is 5.07. The maximum absolute atomic E-state index is 13.2. The average molecular weight is 449 g/mol. The average Bonchev–Trinajstić information content (AvgIpc) is 2.78. The summed E-state index contributed by atoms with van der Waals surface area (Å²) in [6.07, 6.45) is 0. The number of methoxy groups -OCH3 is 2. The first-order valence-corrected chi connectivity index (χ1v) is 10.9. The van der Waals surface area contributed by atoms with Gasteiger partial charge in [-0.15, -0.1) is 0 Å². The summed E-state index contributed by atoms with van der Waals surface area (Å²) in [5.74, 6) is 0.220. The van der Waals surface area contributed by atoms with Crippen LogP contribution in [0.2, 0.25) is 0 Å². The van der Waals surface area contributed by atoms with Crippen LogP contribution < -0.4 is 9.47 Å². The van der Waals surface area contributed by atoms with Gasteiger partial charge in [-0.3, -0.25) is 14.9 Å². The van der Waals surface area contributed by atoms with E-state index in [0.29, 0.717) is 5.75 Å². The quantitative estimate of drug-likeness (QED) is 0.489.